The molecular formula is C16H15N3O2. The predicted octanol–water partition coefficient (Wildman–Crippen LogP) is 4.16. The molecule has 5 nitrogen and oxygen atoms in total. The van der Waals surface area contributed by atoms with Crippen LogP contribution in [-0.2, 0) is 6.42 Å². The van der Waals surface area contributed by atoms with E-state index >= 15 is 0 Å². The van der Waals surface area contributed by atoms with E-state index in [9.17, 15) is 10.1 Å². The molecule has 5 heteroatoms. The van der Waals surface area contributed by atoms with E-state index in [-0.39, 0.29) is 11.3 Å². The lowest BCUT2D eigenvalue weighted by Gasteiger charge is -2.08. The topological polar surface area (TPSA) is 79.0 Å². The van der Waals surface area contributed by atoms with Crippen LogP contribution in [0.4, 0.5) is 17.1 Å². The predicted molar refractivity (Wildman–Crippen MR) is 81.5 cm³/mol. The van der Waals surface area contributed by atoms with Gasteiger partial charge in [-0.15, -0.1) is 0 Å². The number of hydrogen-bond acceptors (Lipinski definition) is 4. The highest BCUT2D eigenvalue weighted by Crippen LogP contribution is 2.24. The molecule has 0 saturated heterocycles. The molecule has 0 aliphatic heterocycles. The van der Waals surface area contributed by atoms with Crippen LogP contribution >= 0.6 is 0 Å². The van der Waals surface area contributed by atoms with E-state index in [1.165, 1.54) is 17.7 Å². The summed E-state index contributed by atoms with van der Waals surface area (Å²) in [4.78, 5) is 10.2. The summed E-state index contributed by atoms with van der Waals surface area (Å²) in [6, 6.07) is 14.3. The summed E-state index contributed by atoms with van der Waals surface area (Å²) in [5.41, 5.74) is 2.67. The summed E-state index contributed by atoms with van der Waals surface area (Å²) in [6.07, 6.45) is 2.14. The van der Waals surface area contributed by atoms with Gasteiger partial charge in [-0.05, 0) is 36.2 Å². The maximum absolute atomic E-state index is 10.8. The monoisotopic (exact) mass is 281 g/mol. The van der Waals surface area contributed by atoms with Gasteiger partial charge in [0.25, 0.3) is 5.69 Å². The molecule has 0 atom stereocenters. The number of hydrogen-bond donors (Lipinski definition) is 1. The fraction of sp³-hybridized carbons (Fsp3) is 0.188. The lowest BCUT2D eigenvalue weighted by molar-refractivity contribution is -0.385. The Hall–Kier alpha value is -2.87. The Balaban J connectivity index is 2.20. The van der Waals surface area contributed by atoms with Gasteiger partial charge in [0.1, 0.15) is 11.6 Å². The van der Waals surface area contributed by atoms with Crippen molar-refractivity contribution in [2.24, 2.45) is 0 Å². The number of nitriles is 1. The molecule has 2 rings (SSSR count). The van der Waals surface area contributed by atoms with E-state index in [0.29, 0.717) is 5.69 Å². The van der Waals surface area contributed by atoms with Crippen molar-refractivity contribution in [3.63, 3.8) is 0 Å². The molecule has 2 aromatic rings. The lowest BCUT2D eigenvalue weighted by atomic mass is 10.1. The standard InChI is InChI=1S/C16H15N3O2/c1-2-3-12-4-6-14(7-5-12)18-15-8-9-16(19(20)21)13(10-15)11-17/h4-10,18H,2-3H2,1H3. The van der Waals surface area contributed by atoms with Crippen molar-refractivity contribution in [3.05, 3.63) is 63.7 Å². The maximum atomic E-state index is 10.8. The summed E-state index contributed by atoms with van der Waals surface area (Å²) in [7, 11) is 0. The van der Waals surface area contributed by atoms with Gasteiger partial charge in [-0.3, -0.25) is 10.1 Å². The van der Waals surface area contributed by atoms with E-state index in [2.05, 4.69) is 12.2 Å². The molecule has 0 saturated carbocycles. The first-order valence-corrected chi connectivity index (χ1v) is 6.68. The summed E-state index contributed by atoms with van der Waals surface area (Å²) in [5, 5.41) is 22.9. The number of anilines is 2. The van der Waals surface area contributed by atoms with Crippen molar-refractivity contribution < 1.29 is 4.92 Å². The van der Waals surface area contributed by atoms with Gasteiger partial charge in [-0.2, -0.15) is 5.26 Å². The molecule has 0 aliphatic rings. The van der Waals surface area contributed by atoms with Crippen molar-refractivity contribution >= 4 is 17.1 Å². The minimum absolute atomic E-state index is 0.0487. The number of benzene rings is 2. The lowest BCUT2D eigenvalue weighted by Crippen LogP contribution is -1.95. The van der Waals surface area contributed by atoms with Crippen molar-refractivity contribution in [1.29, 1.82) is 5.26 Å². The molecule has 0 aromatic heterocycles. The quantitative estimate of drug-likeness (QED) is 0.659. The van der Waals surface area contributed by atoms with Crippen LogP contribution in [0.25, 0.3) is 0 Å². The summed E-state index contributed by atoms with van der Waals surface area (Å²) < 4.78 is 0. The molecule has 106 valence electrons. The Morgan fingerprint density at radius 2 is 1.86 bits per heavy atom. The highest BCUT2D eigenvalue weighted by molar-refractivity contribution is 5.65. The molecule has 21 heavy (non-hydrogen) atoms. The van der Waals surface area contributed by atoms with Crippen LogP contribution in [0, 0.1) is 21.4 Å². The van der Waals surface area contributed by atoms with E-state index < -0.39 is 4.92 Å². The average molecular weight is 281 g/mol. The molecule has 0 heterocycles. The molecule has 2 aromatic carbocycles. The number of nitro groups is 1. The molecule has 0 radical (unpaired) electrons. The van der Waals surface area contributed by atoms with Gasteiger partial charge in [0.05, 0.1) is 4.92 Å². The van der Waals surface area contributed by atoms with Crippen LogP contribution in [0.2, 0.25) is 0 Å². The van der Waals surface area contributed by atoms with E-state index in [1.807, 2.05) is 30.3 Å². The molecule has 0 spiro atoms. The van der Waals surface area contributed by atoms with Crippen LogP contribution in [0.5, 0.6) is 0 Å². The van der Waals surface area contributed by atoms with Gasteiger partial charge >= 0.3 is 0 Å². The first-order valence-electron chi connectivity index (χ1n) is 6.68. The average Bonchev–Trinajstić information content (AvgIpc) is 2.49. The van der Waals surface area contributed by atoms with Crippen LogP contribution < -0.4 is 5.32 Å². The Morgan fingerprint density at radius 1 is 1.19 bits per heavy atom. The fourth-order valence-electron chi connectivity index (χ4n) is 2.07. The van der Waals surface area contributed by atoms with E-state index in [4.69, 9.17) is 5.26 Å². The van der Waals surface area contributed by atoms with E-state index in [1.54, 1.807) is 6.07 Å². The third-order valence-corrected chi connectivity index (χ3v) is 3.09. The number of nitrogens with one attached hydrogen (secondary N) is 1. The summed E-state index contributed by atoms with van der Waals surface area (Å²) in [6.45, 7) is 2.13. The molecular weight excluding hydrogens is 266 g/mol. The Labute approximate surface area is 123 Å². The Kier molecular flexibility index (Phi) is 4.52. The van der Waals surface area contributed by atoms with Gasteiger partial charge < -0.3 is 5.32 Å². The molecule has 0 amide bonds. The van der Waals surface area contributed by atoms with Gasteiger partial charge in [-0.1, -0.05) is 25.5 Å². The zero-order valence-corrected chi connectivity index (χ0v) is 11.7. The fourth-order valence-corrected chi connectivity index (χ4v) is 2.07. The van der Waals surface area contributed by atoms with Gasteiger partial charge in [0, 0.05) is 17.4 Å². The first kappa shape index (κ1) is 14.5. The summed E-state index contributed by atoms with van der Waals surface area (Å²) in [5.74, 6) is 0. The third kappa shape index (κ3) is 3.57. The third-order valence-electron chi connectivity index (χ3n) is 3.09. The largest absolute Gasteiger partial charge is 0.355 e. The van der Waals surface area contributed by atoms with Crippen molar-refractivity contribution in [2.75, 3.05) is 5.32 Å². The zero-order chi connectivity index (χ0) is 15.2. The zero-order valence-electron chi connectivity index (χ0n) is 11.7. The number of nitrogens with zero attached hydrogens (tertiary/aromatic N) is 2. The SMILES string of the molecule is CCCc1ccc(Nc2ccc([N+](=O)[O-])c(C#N)c2)cc1. The van der Waals surface area contributed by atoms with Gasteiger partial charge in [0.15, 0.2) is 0 Å². The second kappa shape index (κ2) is 6.53. The minimum atomic E-state index is -0.554. The molecule has 0 unspecified atom stereocenters. The Bertz CT molecular complexity index is 688. The second-order valence-electron chi connectivity index (χ2n) is 4.67. The second-order valence-corrected chi connectivity index (χ2v) is 4.67. The van der Waals surface area contributed by atoms with Crippen LogP contribution in [-0.4, -0.2) is 4.92 Å². The van der Waals surface area contributed by atoms with Crippen LogP contribution in [0.1, 0.15) is 24.5 Å². The van der Waals surface area contributed by atoms with Gasteiger partial charge in [0.2, 0.25) is 0 Å². The number of aryl methyl sites for hydroxylation is 1. The molecule has 0 fully saturated rings. The van der Waals surface area contributed by atoms with Crippen molar-refractivity contribution in [3.8, 4) is 6.07 Å². The van der Waals surface area contributed by atoms with Gasteiger partial charge in [-0.25, -0.2) is 0 Å². The van der Waals surface area contributed by atoms with Crippen molar-refractivity contribution in [2.45, 2.75) is 19.8 Å². The minimum Gasteiger partial charge on any atom is -0.355 e. The highest BCUT2D eigenvalue weighted by atomic mass is 16.6. The summed E-state index contributed by atoms with van der Waals surface area (Å²) >= 11 is 0. The number of rotatable bonds is 5. The van der Waals surface area contributed by atoms with E-state index in [0.717, 1.165) is 18.5 Å². The highest BCUT2D eigenvalue weighted by Gasteiger charge is 2.13. The van der Waals surface area contributed by atoms with Crippen molar-refractivity contribution in [1.82, 2.24) is 0 Å². The maximum Gasteiger partial charge on any atom is 0.287 e. The molecule has 0 bridgehead atoms. The first-order chi connectivity index (χ1) is 10.1. The van der Waals surface area contributed by atoms with Crippen LogP contribution in [0.3, 0.4) is 0 Å². The molecule has 0 aliphatic carbocycles. The number of nitro benzene ring substituents is 1. The normalized spacial score (nSPS) is 9.90. The van der Waals surface area contributed by atoms with Crippen LogP contribution in [0.15, 0.2) is 42.5 Å². The Morgan fingerprint density at radius 3 is 2.43 bits per heavy atom. The smallest absolute Gasteiger partial charge is 0.287 e. The molecule has 1 N–H and O–H groups in total.